The molecule has 0 aliphatic heterocycles. The molecule has 0 amide bonds. The summed E-state index contributed by atoms with van der Waals surface area (Å²) in [6.07, 6.45) is 0.661. The normalized spacial score (nSPS) is 13.5. The van der Waals surface area contributed by atoms with E-state index in [2.05, 4.69) is 6.92 Å². The van der Waals surface area contributed by atoms with Crippen molar-refractivity contribution >= 4 is 0 Å². The Hall–Kier alpha value is -1.03. The summed E-state index contributed by atoms with van der Waals surface area (Å²) in [4.78, 5) is 0. The van der Waals surface area contributed by atoms with Crippen molar-refractivity contribution < 1.29 is 18.3 Å². The van der Waals surface area contributed by atoms with Crippen molar-refractivity contribution in [3.05, 3.63) is 35.4 Å². The van der Waals surface area contributed by atoms with Gasteiger partial charge in [-0.05, 0) is 24.1 Å². The molecule has 0 bridgehead atoms. The Balaban J connectivity index is 2.50. The van der Waals surface area contributed by atoms with Gasteiger partial charge in [0.15, 0.2) is 0 Å². The van der Waals surface area contributed by atoms with E-state index in [-0.39, 0.29) is 0 Å². The quantitative estimate of drug-likeness (QED) is 0.686. The van der Waals surface area contributed by atoms with Gasteiger partial charge in [-0.1, -0.05) is 51.2 Å². The lowest BCUT2D eigenvalue weighted by molar-refractivity contribution is -0.137. The Kier molecular flexibility index (Phi) is 6.35. The Morgan fingerprint density at radius 1 is 1.11 bits per heavy atom. The van der Waals surface area contributed by atoms with Crippen molar-refractivity contribution in [2.45, 2.75) is 57.7 Å². The molecule has 1 rings (SSSR count). The molecule has 108 valence electrons. The van der Waals surface area contributed by atoms with Crippen LogP contribution in [0.2, 0.25) is 0 Å². The highest BCUT2D eigenvalue weighted by atomic mass is 19.4. The minimum atomic E-state index is -4.35. The van der Waals surface area contributed by atoms with Gasteiger partial charge in [-0.2, -0.15) is 13.2 Å². The molecule has 0 saturated heterocycles. The van der Waals surface area contributed by atoms with E-state index in [0.29, 0.717) is 12.0 Å². The van der Waals surface area contributed by atoms with Gasteiger partial charge in [0.05, 0.1) is 11.7 Å². The molecule has 0 aromatic heterocycles. The molecule has 1 aromatic carbocycles. The van der Waals surface area contributed by atoms with E-state index in [4.69, 9.17) is 0 Å². The minimum Gasteiger partial charge on any atom is -0.388 e. The van der Waals surface area contributed by atoms with E-state index in [1.54, 1.807) is 6.07 Å². The second-order valence-corrected chi connectivity index (χ2v) is 4.84. The third-order valence-corrected chi connectivity index (χ3v) is 3.18. The van der Waals surface area contributed by atoms with Crippen LogP contribution < -0.4 is 0 Å². The van der Waals surface area contributed by atoms with E-state index >= 15 is 0 Å². The van der Waals surface area contributed by atoms with Gasteiger partial charge >= 0.3 is 6.18 Å². The van der Waals surface area contributed by atoms with Gasteiger partial charge in [0.1, 0.15) is 0 Å². The topological polar surface area (TPSA) is 20.2 Å². The lowest BCUT2D eigenvalue weighted by Gasteiger charge is -2.13. The van der Waals surface area contributed by atoms with Gasteiger partial charge in [-0.3, -0.25) is 0 Å². The first-order chi connectivity index (χ1) is 8.95. The monoisotopic (exact) mass is 274 g/mol. The first-order valence-electron chi connectivity index (χ1n) is 6.80. The highest BCUT2D eigenvalue weighted by Gasteiger charge is 2.30. The van der Waals surface area contributed by atoms with Crippen molar-refractivity contribution in [3.63, 3.8) is 0 Å². The molecule has 0 aliphatic carbocycles. The predicted molar refractivity (Wildman–Crippen MR) is 69.8 cm³/mol. The maximum Gasteiger partial charge on any atom is 0.416 e. The highest BCUT2D eigenvalue weighted by Crippen LogP contribution is 2.31. The van der Waals surface area contributed by atoms with Crippen LogP contribution in [0.15, 0.2) is 24.3 Å². The molecular formula is C15H21F3O. The number of benzene rings is 1. The molecule has 1 N–H and O–H groups in total. The van der Waals surface area contributed by atoms with Gasteiger partial charge in [0.2, 0.25) is 0 Å². The largest absolute Gasteiger partial charge is 0.416 e. The third-order valence-electron chi connectivity index (χ3n) is 3.18. The molecule has 0 fully saturated rings. The number of halogens is 3. The number of hydrogen-bond donors (Lipinski definition) is 1. The van der Waals surface area contributed by atoms with E-state index < -0.39 is 17.8 Å². The Labute approximate surface area is 112 Å². The SMILES string of the molecule is CCCCCCCC(O)c1cccc(C(F)(F)F)c1. The third kappa shape index (κ3) is 5.64. The van der Waals surface area contributed by atoms with Crippen LogP contribution in [-0.4, -0.2) is 5.11 Å². The molecule has 1 aromatic rings. The molecule has 0 saturated carbocycles. The van der Waals surface area contributed by atoms with Gasteiger partial charge in [0.25, 0.3) is 0 Å². The summed E-state index contributed by atoms with van der Waals surface area (Å²) < 4.78 is 37.6. The Morgan fingerprint density at radius 3 is 2.42 bits per heavy atom. The van der Waals surface area contributed by atoms with Crippen LogP contribution in [0, 0.1) is 0 Å². The number of aliphatic hydroxyl groups is 1. The molecule has 4 heteroatoms. The van der Waals surface area contributed by atoms with Gasteiger partial charge in [-0.25, -0.2) is 0 Å². The summed E-state index contributed by atoms with van der Waals surface area (Å²) in [7, 11) is 0. The lowest BCUT2D eigenvalue weighted by Crippen LogP contribution is -2.06. The van der Waals surface area contributed by atoms with Crippen LogP contribution in [-0.2, 0) is 6.18 Å². The van der Waals surface area contributed by atoms with Crippen LogP contribution in [0.5, 0.6) is 0 Å². The summed E-state index contributed by atoms with van der Waals surface area (Å²) in [6, 6.07) is 4.96. The zero-order valence-electron chi connectivity index (χ0n) is 11.2. The zero-order chi connectivity index (χ0) is 14.3. The summed E-state index contributed by atoms with van der Waals surface area (Å²) in [6.45, 7) is 2.12. The fourth-order valence-corrected chi connectivity index (χ4v) is 2.03. The fourth-order valence-electron chi connectivity index (χ4n) is 2.03. The first-order valence-corrected chi connectivity index (χ1v) is 6.80. The number of aliphatic hydroxyl groups excluding tert-OH is 1. The minimum absolute atomic E-state index is 0.352. The molecule has 1 atom stereocenters. The average Bonchev–Trinajstić information content (AvgIpc) is 2.37. The van der Waals surface area contributed by atoms with Gasteiger partial charge in [-0.15, -0.1) is 0 Å². The summed E-state index contributed by atoms with van der Waals surface area (Å²) in [5, 5.41) is 9.90. The number of alkyl halides is 3. The summed E-state index contributed by atoms with van der Waals surface area (Å²) in [5.41, 5.74) is -0.347. The Morgan fingerprint density at radius 2 is 1.79 bits per heavy atom. The fraction of sp³-hybridized carbons (Fsp3) is 0.600. The average molecular weight is 274 g/mol. The van der Waals surface area contributed by atoms with E-state index in [1.165, 1.54) is 12.5 Å². The number of unbranched alkanes of at least 4 members (excludes halogenated alkanes) is 4. The molecule has 1 nitrogen and oxygen atoms in total. The molecule has 0 spiro atoms. The van der Waals surface area contributed by atoms with Crippen LogP contribution >= 0.6 is 0 Å². The van der Waals surface area contributed by atoms with Crippen molar-refractivity contribution in [1.29, 1.82) is 0 Å². The van der Waals surface area contributed by atoms with Crippen LogP contribution in [0.3, 0.4) is 0 Å². The zero-order valence-corrected chi connectivity index (χ0v) is 11.2. The molecule has 0 heterocycles. The molecular weight excluding hydrogens is 253 g/mol. The van der Waals surface area contributed by atoms with E-state index in [0.717, 1.165) is 37.8 Å². The van der Waals surface area contributed by atoms with Gasteiger partial charge < -0.3 is 5.11 Å². The van der Waals surface area contributed by atoms with Crippen molar-refractivity contribution in [1.82, 2.24) is 0 Å². The second kappa shape index (κ2) is 7.53. The number of rotatable bonds is 7. The van der Waals surface area contributed by atoms with Crippen LogP contribution in [0.25, 0.3) is 0 Å². The summed E-state index contributed by atoms with van der Waals surface area (Å²) >= 11 is 0. The van der Waals surface area contributed by atoms with Crippen LogP contribution in [0.1, 0.15) is 62.7 Å². The Bertz CT molecular complexity index is 374. The highest BCUT2D eigenvalue weighted by molar-refractivity contribution is 5.27. The molecule has 19 heavy (non-hydrogen) atoms. The maximum atomic E-state index is 12.5. The summed E-state index contributed by atoms with van der Waals surface area (Å²) in [5.74, 6) is 0. The number of hydrogen-bond acceptors (Lipinski definition) is 1. The molecule has 1 unspecified atom stereocenters. The van der Waals surface area contributed by atoms with E-state index in [9.17, 15) is 18.3 Å². The molecule has 0 radical (unpaired) electrons. The smallest absolute Gasteiger partial charge is 0.388 e. The maximum absolute atomic E-state index is 12.5. The van der Waals surface area contributed by atoms with Crippen molar-refractivity contribution in [3.8, 4) is 0 Å². The predicted octanol–water partition coefficient (Wildman–Crippen LogP) is 5.10. The van der Waals surface area contributed by atoms with Crippen LogP contribution in [0.4, 0.5) is 13.2 Å². The van der Waals surface area contributed by atoms with Crippen molar-refractivity contribution in [2.75, 3.05) is 0 Å². The van der Waals surface area contributed by atoms with Crippen molar-refractivity contribution in [2.24, 2.45) is 0 Å². The lowest BCUT2D eigenvalue weighted by atomic mass is 10.0. The van der Waals surface area contributed by atoms with E-state index in [1.807, 2.05) is 0 Å². The first kappa shape index (κ1) is 16.0. The standard InChI is InChI=1S/C15H21F3O/c1-2-3-4-5-6-10-14(19)12-8-7-9-13(11-12)15(16,17)18/h7-9,11,14,19H,2-6,10H2,1H3. The molecule has 0 aliphatic rings. The van der Waals surface area contributed by atoms with Gasteiger partial charge in [0, 0.05) is 0 Å². The second-order valence-electron chi connectivity index (χ2n) is 4.84.